The van der Waals surface area contributed by atoms with Crippen LogP contribution in [0.1, 0.15) is 26.4 Å². The van der Waals surface area contributed by atoms with Gasteiger partial charge in [0.15, 0.2) is 0 Å². The average molecular weight is 374 g/mol. The number of hydrogen-bond acceptors (Lipinski definition) is 2. The minimum absolute atomic E-state index is 0.0915. The fourth-order valence-corrected chi connectivity index (χ4v) is 3.55. The van der Waals surface area contributed by atoms with Gasteiger partial charge in [-0.2, -0.15) is 0 Å². The van der Waals surface area contributed by atoms with E-state index < -0.39 is 0 Å². The van der Waals surface area contributed by atoms with Crippen molar-refractivity contribution in [1.82, 2.24) is 0 Å². The minimum atomic E-state index is 0.0915. The van der Waals surface area contributed by atoms with Crippen molar-refractivity contribution < 1.29 is 4.79 Å². The summed E-state index contributed by atoms with van der Waals surface area (Å²) < 4.78 is 2.02. The minimum Gasteiger partial charge on any atom is -0.288 e. The monoisotopic (exact) mass is 372 g/mol. The number of ketones is 1. The molecule has 0 bridgehead atoms. The van der Waals surface area contributed by atoms with E-state index in [2.05, 4.69) is 31.9 Å². The summed E-state index contributed by atoms with van der Waals surface area (Å²) in [4.78, 5) is 13.1. The van der Waals surface area contributed by atoms with Crippen LogP contribution in [0.2, 0.25) is 0 Å². The Hall–Kier alpha value is -0.450. The molecule has 2 aromatic rings. The van der Waals surface area contributed by atoms with Crippen molar-refractivity contribution in [3.8, 4) is 0 Å². The highest BCUT2D eigenvalue weighted by molar-refractivity contribution is 9.11. The Labute approximate surface area is 121 Å². The van der Waals surface area contributed by atoms with Gasteiger partial charge >= 0.3 is 0 Å². The van der Waals surface area contributed by atoms with Crippen LogP contribution in [0, 0.1) is 13.8 Å². The highest BCUT2D eigenvalue weighted by atomic mass is 79.9. The van der Waals surface area contributed by atoms with Gasteiger partial charge in [-0.15, -0.1) is 11.3 Å². The predicted molar refractivity (Wildman–Crippen MR) is 79.1 cm³/mol. The van der Waals surface area contributed by atoms with E-state index in [0.29, 0.717) is 0 Å². The Kier molecular flexibility index (Phi) is 3.85. The first kappa shape index (κ1) is 13.0. The van der Waals surface area contributed by atoms with Gasteiger partial charge in [0, 0.05) is 10.0 Å². The average Bonchev–Trinajstić information content (AvgIpc) is 2.58. The van der Waals surface area contributed by atoms with Crippen molar-refractivity contribution in [3.05, 3.63) is 54.1 Å². The highest BCUT2D eigenvalue weighted by Gasteiger charge is 2.15. The van der Waals surface area contributed by atoms with Crippen LogP contribution in [0.25, 0.3) is 0 Å². The zero-order valence-electron chi connectivity index (χ0n) is 9.38. The van der Waals surface area contributed by atoms with Crippen LogP contribution in [0.4, 0.5) is 0 Å². The molecule has 1 aromatic carbocycles. The largest absolute Gasteiger partial charge is 0.288 e. The number of hydrogen-bond donors (Lipinski definition) is 0. The molecule has 1 heterocycles. The normalized spacial score (nSPS) is 10.6. The molecule has 88 valence electrons. The fourth-order valence-electron chi connectivity index (χ4n) is 1.59. The second-order valence-electron chi connectivity index (χ2n) is 3.86. The maximum atomic E-state index is 12.3. The molecule has 2 rings (SSSR count). The predicted octanol–water partition coefficient (Wildman–Crippen LogP) is 5.12. The number of benzene rings is 1. The Bertz CT molecular complexity index is 568. The molecule has 0 N–H and O–H groups in total. The van der Waals surface area contributed by atoms with E-state index in [1.54, 1.807) is 0 Å². The number of carbonyl (C=O) groups is 1. The van der Waals surface area contributed by atoms with Crippen LogP contribution >= 0.6 is 43.2 Å². The summed E-state index contributed by atoms with van der Waals surface area (Å²) in [6, 6.07) is 7.65. The van der Waals surface area contributed by atoms with Crippen molar-refractivity contribution in [1.29, 1.82) is 0 Å². The van der Waals surface area contributed by atoms with Crippen molar-refractivity contribution in [2.24, 2.45) is 0 Å². The van der Waals surface area contributed by atoms with Crippen LogP contribution in [-0.4, -0.2) is 5.78 Å². The molecule has 0 fully saturated rings. The van der Waals surface area contributed by atoms with E-state index in [9.17, 15) is 4.79 Å². The summed E-state index contributed by atoms with van der Waals surface area (Å²) in [5, 5.41) is 0. The topological polar surface area (TPSA) is 17.1 Å². The van der Waals surface area contributed by atoms with Crippen LogP contribution in [0.5, 0.6) is 0 Å². The first-order valence-electron chi connectivity index (χ1n) is 5.06. The molecule has 1 nitrogen and oxygen atoms in total. The van der Waals surface area contributed by atoms with Gasteiger partial charge in [0.1, 0.15) is 0 Å². The molecule has 0 amide bonds. The SMILES string of the molecule is Cc1cc(Br)ccc1C(=O)c1cc(C)c(Br)s1. The molecule has 1 aromatic heterocycles. The Morgan fingerprint density at radius 3 is 2.35 bits per heavy atom. The van der Waals surface area contributed by atoms with Gasteiger partial charge in [-0.25, -0.2) is 0 Å². The van der Waals surface area contributed by atoms with Crippen LogP contribution in [0.15, 0.2) is 32.5 Å². The molecule has 0 spiro atoms. The van der Waals surface area contributed by atoms with Crippen molar-refractivity contribution in [2.45, 2.75) is 13.8 Å². The van der Waals surface area contributed by atoms with Gasteiger partial charge in [-0.3, -0.25) is 4.79 Å². The van der Waals surface area contributed by atoms with E-state index in [4.69, 9.17) is 0 Å². The molecule has 0 saturated carbocycles. The quantitative estimate of drug-likeness (QED) is 0.667. The Morgan fingerprint density at radius 2 is 1.82 bits per heavy atom. The van der Waals surface area contributed by atoms with Gasteiger partial charge in [-0.1, -0.05) is 15.9 Å². The van der Waals surface area contributed by atoms with Crippen LogP contribution in [0.3, 0.4) is 0 Å². The molecule has 0 aliphatic heterocycles. The Balaban J connectivity index is 2.43. The van der Waals surface area contributed by atoms with E-state index >= 15 is 0 Å². The van der Waals surface area contributed by atoms with E-state index in [-0.39, 0.29) is 5.78 Å². The van der Waals surface area contributed by atoms with Gasteiger partial charge in [0.2, 0.25) is 5.78 Å². The summed E-state index contributed by atoms with van der Waals surface area (Å²) in [7, 11) is 0. The first-order chi connectivity index (χ1) is 7.99. The van der Waals surface area contributed by atoms with Gasteiger partial charge < -0.3 is 0 Å². The summed E-state index contributed by atoms with van der Waals surface area (Å²) in [6.07, 6.45) is 0. The second-order valence-corrected chi connectivity index (χ2v) is 7.14. The number of rotatable bonds is 2. The molecule has 0 aliphatic carbocycles. The molecule has 4 heteroatoms. The lowest BCUT2D eigenvalue weighted by atomic mass is 10.0. The van der Waals surface area contributed by atoms with Crippen molar-refractivity contribution in [3.63, 3.8) is 0 Å². The maximum absolute atomic E-state index is 12.3. The molecular formula is C13H10Br2OS. The summed E-state index contributed by atoms with van der Waals surface area (Å²) >= 11 is 8.33. The number of aryl methyl sites for hydroxylation is 2. The van der Waals surface area contributed by atoms with E-state index in [1.807, 2.05) is 38.1 Å². The van der Waals surface area contributed by atoms with Crippen LogP contribution < -0.4 is 0 Å². The third-order valence-corrected chi connectivity index (χ3v) is 5.14. The maximum Gasteiger partial charge on any atom is 0.203 e. The first-order valence-corrected chi connectivity index (χ1v) is 7.46. The molecule has 0 aliphatic rings. The van der Waals surface area contributed by atoms with Crippen molar-refractivity contribution >= 4 is 49.0 Å². The fraction of sp³-hybridized carbons (Fsp3) is 0.154. The second kappa shape index (κ2) is 5.04. The lowest BCUT2D eigenvalue weighted by molar-refractivity contribution is 0.104. The zero-order chi connectivity index (χ0) is 12.6. The summed E-state index contributed by atoms with van der Waals surface area (Å²) in [6.45, 7) is 3.94. The number of halogens is 2. The third-order valence-electron chi connectivity index (χ3n) is 2.51. The molecule has 17 heavy (non-hydrogen) atoms. The zero-order valence-corrected chi connectivity index (χ0v) is 13.4. The van der Waals surface area contributed by atoms with Crippen LogP contribution in [-0.2, 0) is 0 Å². The van der Waals surface area contributed by atoms with Gasteiger partial charge in [-0.05, 0) is 65.2 Å². The summed E-state index contributed by atoms with van der Waals surface area (Å²) in [5.41, 5.74) is 2.86. The molecule has 0 atom stereocenters. The van der Waals surface area contributed by atoms with E-state index in [1.165, 1.54) is 11.3 Å². The smallest absolute Gasteiger partial charge is 0.203 e. The van der Waals surface area contributed by atoms with Gasteiger partial charge in [0.05, 0.1) is 8.66 Å². The molecule has 0 saturated heterocycles. The van der Waals surface area contributed by atoms with E-state index in [0.717, 1.165) is 29.8 Å². The van der Waals surface area contributed by atoms with Gasteiger partial charge in [0.25, 0.3) is 0 Å². The molecule has 0 unspecified atom stereocenters. The Morgan fingerprint density at radius 1 is 1.12 bits per heavy atom. The third kappa shape index (κ3) is 2.69. The molecule has 0 radical (unpaired) electrons. The number of thiophene rings is 1. The molecular weight excluding hydrogens is 364 g/mol. The number of carbonyl (C=O) groups excluding carboxylic acids is 1. The van der Waals surface area contributed by atoms with Crippen molar-refractivity contribution in [2.75, 3.05) is 0 Å². The lowest BCUT2D eigenvalue weighted by Crippen LogP contribution is -2.01. The lowest BCUT2D eigenvalue weighted by Gasteiger charge is -2.03. The highest BCUT2D eigenvalue weighted by Crippen LogP contribution is 2.30. The standard InChI is InChI=1S/C13H10Br2OS/c1-7-5-9(14)3-4-10(7)12(16)11-6-8(2)13(15)17-11/h3-6H,1-2H3. The summed E-state index contributed by atoms with van der Waals surface area (Å²) in [5.74, 6) is 0.0915.